The first-order chi connectivity index (χ1) is 9.10. The van der Waals surface area contributed by atoms with Crippen LogP contribution in [-0.4, -0.2) is 48.1 Å². The molecule has 0 aliphatic heterocycles. The lowest BCUT2D eigenvalue weighted by molar-refractivity contribution is 0.0518. The molecule has 7 heteroatoms. The van der Waals surface area contributed by atoms with Crippen molar-refractivity contribution >= 4 is 11.9 Å². The normalized spacial score (nSPS) is 10.3. The Morgan fingerprint density at radius 2 is 2.00 bits per heavy atom. The molecule has 0 bridgehead atoms. The molecule has 0 aromatic carbocycles. The zero-order valence-corrected chi connectivity index (χ0v) is 11.3. The van der Waals surface area contributed by atoms with Gasteiger partial charge in [0.25, 0.3) is 0 Å². The molecule has 0 spiro atoms. The van der Waals surface area contributed by atoms with Crippen LogP contribution >= 0.6 is 0 Å². The summed E-state index contributed by atoms with van der Waals surface area (Å²) >= 11 is 0. The molecule has 0 atom stereocenters. The molecule has 0 aliphatic rings. The Balaban J connectivity index is 2.80. The van der Waals surface area contributed by atoms with E-state index in [-0.39, 0.29) is 30.6 Å². The van der Waals surface area contributed by atoms with Crippen molar-refractivity contribution in [1.29, 1.82) is 0 Å². The van der Waals surface area contributed by atoms with Gasteiger partial charge in [-0.3, -0.25) is 4.79 Å². The molecule has 7 nitrogen and oxygen atoms in total. The zero-order valence-electron chi connectivity index (χ0n) is 11.3. The second-order valence-corrected chi connectivity index (χ2v) is 3.58. The van der Waals surface area contributed by atoms with Crippen molar-refractivity contribution in [2.75, 3.05) is 26.4 Å². The van der Waals surface area contributed by atoms with Gasteiger partial charge < -0.3 is 14.2 Å². The third-order valence-electron chi connectivity index (χ3n) is 2.17. The second kappa shape index (κ2) is 7.52. The van der Waals surface area contributed by atoms with E-state index in [1.807, 2.05) is 6.92 Å². The standard InChI is InChI=1S/C12H18N2O5/c1-4-17-6-7-19-11-10(12(16)18-5-2)8-14(13-11)9(3)15/h8H,4-7H2,1-3H3. The van der Waals surface area contributed by atoms with Crippen LogP contribution < -0.4 is 4.74 Å². The van der Waals surface area contributed by atoms with E-state index < -0.39 is 5.97 Å². The molecule has 1 aromatic heterocycles. The van der Waals surface area contributed by atoms with Gasteiger partial charge in [0.05, 0.1) is 19.4 Å². The van der Waals surface area contributed by atoms with Crippen LogP contribution in [0.5, 0.6) is 5.88 Å². The number of ether oxygens (including phenoxy) is 3. The van der Waals surface area contributed by atoms with E-state index in [2.05, 4.69) is 5.10 Å². The highest BCUT2D eigenvalue weighted by molar-refractivity contribution is 5.92. The molecule has 1 aromatic rings. The van der Waals surface area contributed by atoms with E-state index in [0.717, 1.165) is 4.68 Å². The van der Waals surface area contributed by atoms with Crippen LogP contribution in [0.15, 0.2) is 6.20 Å². The van der Waals surface area contributed by atoms with Crippen LogP contribution in [0.4, 0.5) is 0 Å². The van der Waals surface area contributed by atoms with Crippen molar-refractivity contribution in [3.05, 3.63) is 11.8 Å². The van der Waals surface area contributed by atoms with Gasteiger partial charge >= 0.3 is 5.97 Å². The third-order valence-corrected chi connectivity index (χ3v) is 2.17. The molecule has 1 rings (SSSR count). The summed E-state index contributed by atoms with van der Waals surface area (Å²) in [5.74, 6) is -0.806. The Labute approximate surface area is 111 Å². The van der Waals surface area contributed by atoms with Gasteiger partial charge in [0, 0.05) is 13.5 Å². The molecule has 0 radical (unpaired) electrons. The maximum absolute atomic E-state index is 11.7. The van der Waals surface area contributed by atoms with Gasteiger partial charge in [-0.1, -0.05) is 0 Å². The molecule has 0 saturated heterocycles. The van der Waals surface area contributed by atoms with E-state index in [1.54, 1.807) is 6.92 Å². The van der Waals surface area contributed by atoms with Crippen LogP contribution in [0.25, 0.3) is 0 Å². The highest BCUT2D eigenvalue weighted by Crippen LogP contribution is 2.17. The van der Waals surface area contributed by atoms with Crippen molar-refractivity contribution in [2.24, 2.45) is 0 Å². The molecule has 0 amide bonds. The average molecular weight is 270 g/mol. The summed E-state index contributed by atoms with van der Waals surface area (Å²) in [5.41, 5.74) is 0.133. The smallest absolute Gasteiger partial charge is 0.345 e. The van der Waals surface area contributed by atoms with E-state index in [0.29, 0.717) is 13.2 Å². The molecule has 0 unspecified atom stereocenters. The highest BCUT2D eigenvalue weighted by Gasteiger charge is 2.20. The van der Waals surface area contributed by atoms with Gasteiger partial charge in [-0.2, -0.15) is 0 Å². The van der Waals surface area contributed by atoms with E-state index in [9.17, 15) is 9.59 Å². The second-order valence-electron chi connectivity index (χ2n) is 3.58. The predicted molar refractivity (Wildman–Crippen MR) is 66.5 cm³/mol. The fourth-order valence-electron chi connectivity index (χ4n) is 1.32. The van der Waals surface area contributed by atoms with E-state index in [4.69, 9.17) is 14.2 Å². The van der Waals surface area contributed by atoms with E-state index in [1.165, 1.54) is 13.1 Å². The molecular formula is C12H18N2O5. The summed E-state index contributed by atoms with van der Waals surface area (Å²) in [6.07, 6.45) is 1.30. The summed E-state index contributed by atoms with van der Waals surface area (Å²) in [7, 11) is 0. The molecule has 0 aliphatic carbocycles. The number of hydrogen-bond donors (Lipinski definition) is 0. The Morgan fingerprint density at radius 1 is 1.26 bits per heavy atom. The van der Waals surface area contributed by atoms with Crippen LogP contribution in [0.1, 0.15) is 35.9 Å². The first-order valence-electron chi connectivity index (χ1n) is 6.08. The lowest BCUT2D eigenvalue weighted by Gasteiger charge is -2.05. The first-order valence-corrected chi connectivity index (χ1v) is 6.08. The summed E-state index contributed by atoms with van der Waals surface area (Å²) in [4.78, 5) is 22.9. The van der Waals surface area contributed by atoms with Crippen molar-refractivity contribution in [3.63, 3.8) is 0 Å². The molecule has 0 saturated carbocycles. The SMILES string of the molecule is CCOCCOc1nn(C(C)=O)cc1C(=O)OCC. The number of esters is 1. The topological polar surface area (TPSA) is 79.7 Å². The minimum atomic E-state index is -0.568. The Hall–Kier alpha value is -1.89. The lowest BCUT2D eigenvalue weighted by atomic mass is 10.3. The number of nitrogens with zero attached hydrogens (tertiary/aromatic N) is 2. The van der Waals surface area contributed by atoms with Gasteiger partial charge in [0.2, 0.25) is 11.8 Å². The Kier molecular flexibility index (Phi) is 6.01. The van der Waals surface area contributed by atoms with Gasteiger partial charge in [-0.15, -0.1) is 5.10 Å². The predicted octanol–water partition coefficient (Wildman–Crippen LogP) is 1.14. The summed E-state index contributed by atoms with van der Waals surface area (Å²) < 4.78 is 16.4. The zero-order chi connectivity index (χ0) is 14.3. The minimum Gasteiger partial charge on any atom is -0.474 e. The molecule has 106 valence electrons. The lowest BCUT2D eigenvalue weighted by Crippen LogP contribution is -2.10. The van der Waals surface area contributed by atoms with Crippen LogP contribution in [-0.2, 0) is 9.47 Å². The van der Waals surface area contributed by atoms with E-state index >= 15 is 0 Å². The first kappa shape index (κ1) is 15.2. The van der Waals surface area contributed by atoms with Gasteiger partial charge in [-0.05, 0) is 13.8 Å². The van der Waals surface area contributed by atoms with Crippen LogP contribution in [0, 0.1) is 0 Å². The van der Waals surface area contributed by atoms with Crippen LogP contribution in [0.3, 0.4) is 0 Å². The highest BCUT2D eigenvalue weighted by atomic mass is 16.5. The molecule has 19 heavy (non-hydrogen) atoms. The average Bonchev–Trinajstić information content (AvgIpc) is 2.79. The summed E-state index contributed by atoms with van der Waals surface area (Å²) in [6.45, 7) is 6.35. The number of hydrogen-bond acceptors (Lipinski definition) is 6. The minimum absolute atomic E-state index is 0.0772. The molecular weight excluding hydrogens is 252 g/mol. The van der Waals surface area contributed by atoms with Gasteiger partial charge in [0.1, 0.15) is 12.2 Å². The maximum atomic E-state index is 11.7. The fraction of sp³-hybridized carbons (Fsp3) is 0.583. The molecule has 0 N–H and O–H groups in total. The Morgan fingerprint density at radius 3 is 2.58 bits per heavy atom. The monoisotopic (exact) mass is 270 g/mol. The number of carbonyl (C=O) groups is 2. The van der Waals surface area contributed by atoms with Crippen molar-refractivity contribution in [3.8, 4) is 5.88 Å². The largest absolute Gasteiger partial charge is 0.474 e. The van der Waals surface area contributed by atoms with Gasteiger partial charge in [0.15, 0.2) is 0 Å². The Bertz CT molecular complexity index is 441. The fourth-order valence-corrected chi connectivity index (χ4v) is 1.32. The quantitative estimate of drug-likeness (QED) is 0.546. The molecule has 1 heterocycles. The maximum Gasteiger partial charge on any atom is 0.345 e. The number of carbonyl (C=O) groups excluding carboxylic acids is 2. The summed E-state index contributed by atoms with van der Waals surface area (Å²) in [5, 5.41) is 3.90. The van der Waals surface area contributed by atoms with Crippen LogP contribution in [0.2, 0.25) is 0 Å². The van der Waals surface area contributed by atoms with Crippen molar-refractivity contribution in [1.82, 2.24) is 9.78 Å². The third kappa shape index (κ3) is 4.36. The number of aromatic nitrogens is 2. The number of rotatable bonds is 7. The van der Waals surface area contributed by atoms with Crippen molar-refractivity contribution in [2.45, 2.75) is 20.8 Å². The van der Waals surface area contributed by atoms with Crippen molar-refractivity contribution < 1.29 is 23.8 Å². The van der Waals surface area contributed by atoms with Gasteiger partial charge in [-0.25, -0.2) is 9.48 Å². The molecule has 0 fully saturated rings. The summed E-state index contributed by atoms with van der Waals surface area (Å²) in [6, 6.07) is 0.